The third-order valence-corrected chi connectivity index (χ3v) is 3.92. The number of aromatic nitrogens is 2. The predicted molar refractivity (Wildman–Crippen MR) is 88.5 cm³/mol. The van der Waals surface area contributed by atoms with Crippen molar-refractivity contribution in [3.63, 3.8) is 0 Å². The molecule has 3 nitrogen and oxygen atoms in total. The van der Waals surface area contributed by atoms with E-state index in [1.54, 1.807) is 0 Å². The molecule has 0 unspecified atom stereocenters. The van der Waals surface area contributed by atoms with Crippen LogP contribution in [0.2, 0.25) is 0 Å². The van der Waals surface area contributed by atoms with Gasteiger partial charge in [0.1, 0.15) is 12.4 Å². The SMILES string of the molecule is Cc1ccc(C)c(OCCn2c(=S)[nH]c3ccccc32)c1. The second kappa shape index (κ2) is 5.74. The number of rotatable bonds is 4. The zero-order valence-electron chi connectivity index (χ0n) is 12.2. The Morgan fingerprint density at radius 1 is 1.14 bits per heavy atom. The molecule has 0 bridgehead atoms. The maximum atomic E-state index is 5.91. The Kier molecular flexibility index (Phi) is 3.80. The first-order valence-electron chi connectivity index (χ1n) is 7.03. The quantitative estimate of drug-likeness (QED) is 0.724. The van der Waals surface area contributed by atoms with Crippen LogP contribution in [0, 0.1) is 18.6 Å². The van der Waals surface area contributed by atoms with E-state index in [2.05, 4.69) is 47.7 Å². The largest absolute Gasteiger partial charge is 0.491 e. The summed E-state index contributed by atoms with van der Waals surface area (Å²) in [6, 6.07) is 14.4. The second-order valence-electron chi connectivity index (χ2n) is 5.22. The minimum absolute atomic E-state index is 0.598. The van der Waals surface area contributed by atoms with Crippen molar-refractivity contribution in [1.82, 2.24) is 9.55 Å². The first-order valence-corrected chi connectivity index (χ1v) is 7.43. The lowest BCUT2D eigenvalue weighted by atomic mass is 10.1. The molecule has 3 rings (SSSR count). The zero-order chi connectivity index (χ0) is 14.8. The lowest BCUT2D eigenvalue weighted by molar-refractivity contribution is 0.297. The van der Waals surface area contributed by atoms with Crippen LogP contribution in [-0.2, 0) is 6.54 Å². The summed E-state index contributed by atoms with van der Waals surface area (Å²) >= 11 is 5.38. The number of ether oxygens (including phenoxy) is 1. The number of aryl methyl sites for hydroxylation is 2. The number of nitrogens with one attached hydrogen (secondary N) is 1. The molecule has 1 N–H and O–H groups in total. The van der Waals surface area contributed by atoms with Crippen molar-refractivity contribution in [3.8, 4) is 5.75 Å². The third-order valence-electron chi connectivity index (χ3n) is 3.60. The van der Waals surface area contributed by atoms with Crippen LogP contribution in [0.4, 0.5) is 0 Å². The minimum Gasteiger partial charge on any atom is -0.491 e. The fourth-order valence-corrected chi connectivity index (χ4v) is 2.74. The highest BCUT2D eigenvalue weighted by atomic mass is 32.1. The molecular weight excluding hydrogens is 280 g/mol. The third kappa shape index (κ3) is 2.85. The van der Waals surface area contributed by atoms with Crippen molar-refractivity contribution in [1.29, 1.82) is 0 Å². The van der Waals surface area contributed by atoms with E-state index < -0.39 is 0 Å². The summed E-state index contributed by atoms with van der Waals surface area (Å²) < 4.78 is 8.73. The van der Waals surface area contributed by atoms with Gasteiger partial charge in [-0.2, -0.15) is 0 Å². The van der Waals surface area contributed by atoms with Crippen LogP contribution < -0.4 is 4.74 Å². The number of H-pyrrole nitrogens is 1. The summed E-state index contributed by atoms with van der Waals surface area (Å²) in [5.41, 5.74) is 4.55. The van der Waals surface area contributed by atoms with Crippen LogP contribution in [0.25, 0.3) is 11.0 Å². The fraction of sp³-hybridized carbons (Fsp3) is 0.235. The van der Waals surface area contributed by atoms with Crippen molar-refractivity contribution >= 4 is 23.3 Å². The van der Waals surface area contributed by atoms with Gasteiger partial charge in [-0.15, -0.1) is 0 Å². The summed E-state index contributed by atoms with van der Waals surface area (Å²) in [4.78, 5) is 3.22. The number of hydrogen-bond acceptors (Lipinski definition) is 2. The molecule has 0 fully saturated rings. The molecule has 3 aromatic rings. The van der Waals surface area contributed by atoms with Gasteiger partial charge in [-0.25, -0.2) is 0 Å². The average Bonchev–Trinajstić information content (AvgIpc) is 2.79. The van der Waals surface area contributed by atoms with Crippen LogP contribution in [0.1, 0.15) is 11.1 Å². The monoisotopic (exact) mass is 298 g/mol. The summed E-state index contributed by atoms with van der Waals surface area (Å²) in [7, 11) is 0. The van der Waals surface area contributed by atoms with Gasteiger partial charge in [-0.3, -0.25) is 0 Å². The Morgan fingerprint density at radius 2 is 1.95 bits per heavy atom. The Hall–Kier alpha value is -2.07. The molecule has 0 aliphatic carbocycles. The van der Waals surface area contributed by atoms with Crippen LogP contribution in [0.15, 0.2) is 42.5 Å². The molecule has 0 radical (unpaired) electrons. The Labute approximate surface area is 129 Å². The number of imidazole rings is 1. The molecule has 0 atom stereocenters. The van der Waals surface area contributed by atoms with E-state index in [0.29, 0.717) is 6.61 Å². The normalized spacial score (nSPS) is 11.0. The molecule has 0 spiro atoms. The molecule has 2 aromatic carbocycles. The fourth-order valence-electron chi connectivity index (χ4n) is 2.44. The Morgan fingerprint density at radius 3 is 2.81 bits per heavy atom. The van der Waals surface area contributed by atoms with Gasteiger partial charge in [0.15, 0.2) is 4.77 Å². The van der Waals surface area contributed by atoms with E-state index in [9.17, 15) is 0 Å². The van der Waals surface area contributed by atoms with Crippen molar-refractivity contribution in [2.24, 2.45) is 0 Å². The standard InChI is InChI=1S/C17H18N2OS/c1-12-7-8-13(2)16(11-12)20-10-9-19-15-6-4-3-5-14(15)18-17(19)21/h3-8,11H,9-10H2,1-2H3,(H,18,21). The van der Waals surface area contributed by atoms with Gasteiger partial charge in [-0.1, -0.05) is 24.3 Å². The molecule has 0 saturated heterocycles. The van der Waals surface area contributed by atoms with E-state index in [1.807, 2.05) is 18.2 Å². The highest BCUT2D eigenvalue weighted by Crippen LogP contribution is 2.19. The molecule has 0 saturated carbocycles. The highest BCUT2D eigenvalue weighted by molar-refractivity contribution is 7.71. The molecule has 21 heavy (non-hydrogen) atoms. The molecule has 0 amide bonds. The highest BCUT2D eigenvalue weighted by Gasteiger charge is 2.04. The van der Waals surface area contributed by atoms with Gasteiger partial charge in [0.2, 0.25) is 0 Å². The molecule has 0 aliphatic heterocycles. The lowest BCUT2D eigenvalue weighted by Gasteiger charge is -2.11. The summed E-state index contributed by atoms with van der Waals surface area (Å²) in [6.07, 6.45) is 0. The van der Waals surface area contributed by atoms with Crippen molar-refractivity contribution in [2.45, 2.75) is 20.4 Å². The summed E-state index contributed by atoms with van der Waals surface area (Å²) in [5.74, 6) is 0.946. The Balaban J connectivity index is 1.77. The number of nitrogens with zero attached hydrogens (tertiary/aromatic N) is 1. The molecule has 1 aromatic heterocycles. The van der Waals surface area contributed by atoms with E-state index in [1.165, 1.54) is 5.56 Å². The van der Waals surface area contributed by atoms with Crippen molar-refractivity contribution < 1.29 is 4.74 Å². The van der Waals surface area contributed by atoms with Crippen LogP contribution in [-0.4, -0.2) is 16.2 Å². The molecule has 4 heteroatoms. The number of hydrogen-bond donors (Lipinski definition) is 1. The number of para-hydroxylation sites is 2. The Bertz CT molecular complexity index is 832. The van der Waals surface area contributed by atoms with E-state index in [4.69, 9.17) is 17.0 Å². The van der Waals surface area contributed by atoms with Gasteiger partial charge in [-0.05, 0) is 55.4 Å². The summed E-state index contributed by atoms with van der Waals surface area (Å²) in [6.45, 7) is 5.46. The predicted octanol–water partition coefficient (Wildman–Crippen LogP) is 4.39. The maximum Gasteiger partial charge on any atom is 0.178 e. The molecule has 1 heterocycles. The van der Waals surface area contributed by atoms with E-state index >= 15 is 0 Å². The number of benzene rings is 2. The summed E-state index contributed by atoms with van der Waals surface area (Å²) in [5, 5.41) is 0. The van der Waals surface area contributed by atoms with Crippen molar-refractivity contribution in [3.05, 3.63) is 58.4 Å². The van der Waals surface area contributed by atoms with Gasteiger partial charge < -0.3 is 14.3 Å². The van der Waals surface area contributed by atoms with Gasteiger partial charge in [0, 0.05) is 0 Å². The van der Waals surface area contributed by atoms with Gasteiger partial charge in [0.25, 0.3) is 0 Å². The van der Waals surface area contributed by atoms with Gasteiger partial charge >= 0.3 is 0 Å². The lowest BCUT2D eigenvalue weighted by Crippen LogP contribution is -2.08. The maximum absolute atomic E-state index is 5.91. The smallest absolute Gasteiger partial charge is 0.178 e. The van der Waals surface area contributed by atoms with Crippen LogP contribution >= 0.6 is 12.2 Å². The average molecular weight is 298 g/mol. The minimum atomic E-state index is 0.598. The van der Waals surface area contributed by atoms with E-state index in [0.717, 1.165) is 33.7 Å². The van der Waals surface area contributed by atoms with Crippen molar-refractivity contribution in [2.75, 3.05) is 6.61 Å². The van der Waals surface area contributed by atoms with Crippen LogP contribution in [0.5, 0.6) is 5.75 Å². The zero-order valence-corrected chi connectivity index (χ0v) is 13.0. The number of fused-ring (bicyclic) bond motifs is 1. The second-order valence-corrected chi connectivity index (χ2v) is 5.60. The first kappa shape index (κ1) is 13.9. The topological polar surface area (TPSA) is 29.9 Å². The van der Waals surface area contributed by atoms with Crippen LogP contribution in [0.3, 0.4) is 0 Å². The van der Waals surface area contributed by atoms with Gasteiger partial charge in [0.05, 0.1) is 17.6 Å². The molecule has 108 valence electrons. The molecule has 0 aliphatic rings. The number of aromatic amines is 1. The molecular formula is C17H18N2OS. The van der Waals surface area contributed by atoms with E-state index in [-0.39, 0.29) is 0 Å². The first-order chi connectivity index (χ1) is 10.1.